The first kappa shape index (κ1) is 12.8. The Hall–Kier alpha value is -1.62. The van der Waals surface area contributed by atoms with Crippen LogP contribution in [-0.2, 0) is 0 Å². The zero-order valence-electron chi connectivity index (χ0n) is 9.69. The predicted octanol–water partition coefficient (Wildman–Crippen LogP) is 2.78. The molecule has 0 aromatic heterocycles. The molecular formula is C12H13ClN2O3. The van der Waals surface area contributed by atoms with Crippen LogP contribution in [0.3, 0.4) is 0 Å². The van der Waals surface area contributed by atoms with Crippen molar-refractivity contribution in [2.45, 2.75) is 19.3 Å². The van der Waals surface area contributed by atoms with Gasteiger partial charge in [-0.2, -0.15) is 0 Å². The summed E-state index contributed by atoms with van der Waals surface area (Å²) in [5.74, 6) is 0.268. The maximum absolute atomic E-state index is 11.8. The fraction of sp³-hybridized carbons (Fsp3) is 0.417. The van der Waals surface area contributed by atoms with Gasteiger partial charge in [0.05, 0.1) is 4.92 Å². The summed E-state index contributed by atoms with van der Waals surface area (Å²) in [7, 11) is 0. The normalized spacial score (nSPS) is 14.3. The molecule has 0 unspecified atom stereocenters. The van der Waals surface area contributed by atoms with Gasteiger partial charge in [0, 0.05) is 17.6 Å². The molecule has 0 saturated heterocycles. The molecule has 2 rings (SSSR count). The average molecular weight is 269 g/mol. The van der Waals surface area contributed by atoms with Crippen LogP contribution in [-0.4, -0.2) is 17.4 Å². The van der Waals surface area contributed by atoms with Gasteiger partial charge >= 0.3 is 0 Å². The van der Waals surface area contributed by atoms with E-state index in [1.165, 1.54) is 31.0 Å². The van der Waals surface area contributed by atoms with Gasteiger partial charge in [-0.1, -0.05) is 24.4 Å². The second-order valence-corrected chi connectivity index (χ2v) is 4.84. The van der Waals surface area contributed by atoms with Crippen LogP contribution in [0.25, 0.3) is 0 Å². The van der Waals surface area contributed by atoms with E-state index in [0.29, 0.717) is 17.5 Å². The number of amides is 1. The summed E-state index contributed by atoms with van der Waals surface area (Å²) < 4.78 is 0. The maximum atomic E-state index is 11.8. The number of benzene rings is 1. The molecule has 0 heterocycles. The molecule has 1 aromatic rings. The Morgan fingerprint density at radius 3 is 2.83 bits per heavy atom. The lowest BCUT2D eigenvalue weighted by molar-refractivity contribution is -0.385. The van der Waals surface area contributed by atoms with Crippen LogP contribution in [0, 0.1) is 16.0 Å². The Morgan fingerprint density at radius 1 is 1.50 bits per heavy atom. The molecule has 0 bridgehead atoms. The van der Waals surface area contributed by atoms with E-state index in [9.17, 15) is 14.9 Å². The number of nitro groups is 1. The van der Waals surface area contributed by atoms with Gasteiger partial charge in [-0.3, -0.25) is 14.9 Å². The van der Waals surface area contributed by atoms with Gasteiger partial charge in [0.25, 0.3) is 11.6 Å². The summed E-state index contributed by atoms with van der Waals surface area (Å²) in [4.78, 5) is 22.1. The van der Waals surface area contributed by atoms with Crippen molar-refractivity contribution in [3.05, 3.63) is 38.9 Å². The zero-order chi connectivity index (χ0) is 13.1. The van der Waals surface area contributed by atoms with Crippen LogP contribution >= 0.6 is 11.6 Å². The van der Waals surface area contributed by atoms with Crippen LogP contribution in [0.4, 0.5) is 5.69 Å². The fourth-order valence-corrected chi connectivity index (χ4v) is 1.91. The lowest BCUT2D eigenvalue weighted by atomic mass is 10.1. The fourth-order valence-electron chi connectivity index (χ4n) is 1.74. The average Bonchev–Trinajstić information content (AvgIpc) is 3.12. The molecule has 1 amide bonds. The van der Waals surface area contributed by atoms with Gasteiger partial charge in [-0.05, 0) is 24.5 Å². The number of hydrogen-bond donors (Lipinski definition) is 1. The molecule has 1 aromatic carbocycles. The highest BCUT2D eigenvalue weighted by atomic mass is 35.5. The summed E-state index contributed by atoms with van der Waals surface area (Å²) in [6, 6.07) is 3.98. The molecule has 1 aliphatic carbocycles. The monoisotopic (exact) mass is 268 g/mol. The van der Waals surface area contributed by atoms with E-state index in [-0.39, 0.29) is 11.3 Å². The first-order valence-electron chi connectivity index (χ1n) is 5.80. The SMILES string of the molecule is O=C(NCCC1CC1)c1cc(Cl)ccc1[N+](=O)[O-]. The van der Waals surface area contributed by atoms with E-state index in [2.05, 4.69) is 5.32 Å². The number of nitrogens with one attached hydrogen (secondary N) is 1. The van der Waals surface area contributed by atoms with Crippen molar-refractivity contribution in [2.24, 2.45) is 5.92 Å². The second kappa shape index (κ2) is 5.35. The van der Waals surface area contributed by atoms with Crippen molar-refractivity contribution in [1.29, 1.82) is 0 Å². The van der Waals surface area contributed by atoms with E-state index in [4.69, 9.17) is 11.6 Å². The number of hydrogen-bond acceptors (Lipinski definition) is 3. The molecule has 0 spiro atoms. The summed E-state index contributed by atoms with van der Waals surface area (Å²) in [6.07, 6.45) is 3.36. The highest BCUT2D eigenvalue weighted by Gasteiger charge is 2.23. The van der Waals surface area contributed by atoms with Gasteiger partial charge in [0.2, 0.25) is 0 Å². The molecule has 0 atom stereocenters. The molecule has 0 aliphatic heterocycles. The lowest BCUT2D eigenvalue weighted by Gasteiger charge is -2.05. The van der Waals surface area contributed by atoms with Crippen molar-refractivity contribution in [1.82, 2.24) is 5.32 Å². The molecule has 0 radical (unpaired) electrons. The third-order valence-electron chi connectivity index (χ3n) is 2.93. The van der Waals surface area contributed by atoms with E-state index in [0.717, 1.165) is 6.42 Å². The van der Waals surface area contributed by atoms with Crippen molar-refractivity contribution >= 4 is 23.2 Å². The summed E-state index contributed by atoms with van der Waals surface area (Å²) in [5, 5.41) is 13.8. The van der Waals surface area contributed by atoms with Crippen LogP contribution in [0.15, 0.2) is 18.2 Å². The molecule has 18 heavy (non-hydrogen) atoms. The van der Waals surface area contributed by atoms with Crippen LogP contribution in [0.2, 0.25) is 5.02 Å². The standard InChI is InChI=1S/C12H13ClN2O3/c13-9-3-4-11(15(17)18)10(7-9)12(16)14-6-5-8-1-2-8/h3-4,7-8H,1-2,5-6H2,(H,14,16). The van der Waals surface area contributed by atoms with Gasteiger partial charge in [0.1, 0.15) is 5.56 Å². The molecule has 5 nitrogen and oxygen atoms in total. The Kier molecular flexibility index (Phi) is 3.81. The first-order chi connectivity index (χ1) is 8.58. The van der Waals surface area contributed by atoms with Gasteiger partial charge in [-0.25, -0.2) is 0 Å². The molecular weight excluding hydrogens is 256 g/mol. The number of rotatable bonds is 5. The van der Waals surface area contributed by atoms with Crippen LogP contribution in [0.5, 0.6) is 0 Å². The highest BCUT2D eigenvalue weighted by molar-refractivity contribution is 6.31. The number of carbonyl (C=O) groups is 1. The number of nitro benzene ring substituents is 1. The smallest absolute Gasteiger partial charge is 0.282 e. The topological polar surface area (TPSA) is 72.2 Å². The molecule has 6 heteroatoms. The quantitative estimate of drug-likeness (QED) is 0.659. The second-order valence-electron chi connectivity index (χ2n) is 4.41. The molecule has 96 valence electrons. The number of nitrogens with zero attached hydrogens (tertiary/aromatic N) is 1. The van der Waals surface area contributed by atoms with Gasteiger partial charge in [-0.15, -0.1) is 0 Å². The summed E-state index contributed by atoms with van der Waals surface area (Å²) in [6.45, 7) is 0.549. The Morgan fingerprint density at radius 2 is 2.22 bits per heavy atom. The Bertz CT molecular complexity index is 486. The van der Waals surface area contributed by atoms with Crippen molar-refractivity contribution in [3.8, 4) is 0 Å². The highest BCUT2D eigenvalue weighted by Crippen LogP contribution is 2.31. The third kappa shape index (κ3) is 3.20. The third-order valence-corrected chi connectivity index (χ3v) is 3.17. The summed E-state index contributed by atoms with van der Waals surface area (Å²) >= 11 is 5.76. The van der Waals surface area contributed by atoms with Gasteiger partial charge in [0.15, 0.2) is 0 Å². The Labute approximate surface area is 109 Å². The Balaban J connectivity index is 2.06. The largest absolute Gasteiger partial charge is 0.352 e. The summed E-state index contributed by atoms with van der Waals surface area (Å²) in [5.41, 5.74) is -0.202. The maximum Gasteiger partial charge on any atom is 0.282 e. The predicted molar refractivity (Wildman–Crippen MR) is 67.8 cm³/mol. The van der Waals surface area contributed by atoms with E-state index < -0.39 is 10.8 Å². The lowest BCUT2D eigenvalue weighted by Crippen LogP contribution is -2.25. The van der Waals surface area contributed by atoms with E-state index in [1.807, 2.05) is 0 Å². The minimum absolute atomic E-state index is 0.0169. The molecule has 1 fully saturated rings. The van der Waals surface area contributed by atoms with Crippen LogP contribution in [0.1, 0.15) is 29.6 Å². The number of carbonyl (C=O) groups excluding carboxylic acids is 1. The van der Waals surface area contributed by atoms with E-state index >= 15 is 0 Å². The minimum Gasteiger partial charge on any atom is -0.352 e. The van der Waals surface area contributed by atoms with Crippen molar-refractivity contribution < 1.29 is 9.72 Å². The first-order valence-corrected chi connectivity index (χ1v) is 6.18. The minimum atomic E-state index is -0.577. The van der Waals surface area contributed by atoms with Crippen LogP contribution < -0.4 is 5.32 Å². The zero-order valence-corrected chi connectivity index (χ0v) is 10.4. The van der Waals surface area contributed by atoms with E-state index in [1.54, 1.807) is 0 Å². The van der Waals surface area contributed by atoms with Crippen molar-refractivity contribution in [3.63, 3.8) is 0 Å². The van der Waals surface area contributed by atoms with Gasteiger partial charge < -0.3 is 5.32 Å². The van der Waals surface area contributed by atoms with Crippen molar-refractivity contribution in [2.75, 3.05) is 6.54 Å². The number of halogens is 1. The molecule has 1 N–H and O–H groups in total. The molecule has 1 aliphatic rings. The molecule has 1 saturated carbocycles.